The minimum atomic E-state index is -1.82. The Morgan fingerprint density at radius 3 is 2.14 bits per heavy atom. The number of aromatic nitrogens is 3. The number of aliphatic carboxylic acids is 2. The number of carbonyl (C=O) groups excluding carboxylic acids is 2. The lowest BCUT2D eigenvalue weighted by Gasteiger charge is -2.16. The predicted octanol–water partition coefficient (Wildman–Crippen LogP) is 2.63. The van der Waals surface area contributed by atoms with Crippen molar-refractivity contribution in [3.63, 3.8) is 0 Å². The molecule has 1 aromatic heterocycles. The average Bonchev–Trinajstić information content (AvgIpc) is 3.32. The summed E-state index contributed by atoms with van der Waals surface area (Å²) in [5.41, 5.74) is 8.29. The van der Waals surface area contributed by atoms with Crippen LogP contribution < -0.4 is 11.1 Å². The predicted molar refractivity (Wildman–Crippen MR) is 155 cm³/mol. The van der Waals surface area contributed by atoms with Gasteiger partial charge in [0.25, 0.3) is 0 Å². The van der Waals surface area contributed by atoms with Crippen LogP contribution >= 0.6 is 23.2 Å². The van der Waals surface area contributed by atoms with Crippen LogP contribution in [0, 0.1) is 6.92 Å². The highest BCUT2D eigenvalue weighted by molar-refractivity contribution is 6.35. The van der Waals surface area contributed by atoms with Gasteiger partial charge >= 0.3 is 11.9 Å². The Hall–Kier alpha value is -4.62. The molecule has 0 aliphatic carbocycles. The fraction of sp³-hybridized carbons (Fsp3) is 0.143. The third-order valence-corrected chi connectivity index (χ3v) is 6.26. The summed E-state index contributed by atoms with van der Waals surface area (Å²) >= 11 is 12.5. The summed E-state index contributed by atoms with van der Waals surface area (Å²) in [7, 11) is 0. The minimum Gasteiger partial charge on any atom is -0.473 e. The molecule has 0 saturated carbocycles. The van der Waals surface area contributed by atoms with Crippen molar-refractivity contribution in [1.29, 1.82) is 0 Å². The van der Waals surface area contributed by atoms with Gasteiger partial charge in [-0.2, -0.15) is 0 Å². The Morgan fingerprint density at radius 2 is 1.52 bits per heavy atom. The van der Waals surface area contributed by atoms with E-state index in [2.05, 4.69) is 15.5 Å². The van der Waals surface area contributed by atoms with Crippen LogP contribution in [-0.4, -0.2) is 60.1 Å². The molecule has 0 aliphatic rings. The second-order valence-corrected chi connectivity index (χ2v) is 9.44. The van der Waals surface area contributed by atoms with E-state index in [1.165, 1.54) is 0 Å². The highest BCUT2D eigenvalue weighted by Gasteiger charge is 2.22. The van der Waals surface area contributed by atoms with Crippen LogP contribution in [0.3, 0.4) is 0 Å². The zero-order valence-electron chi connectivity index (χ0n) is 22.1. The first-order valence-corrected chi connectivity index (χ1v) is 12.8. The average molecular weight is 616 g/mol. The van der Waals surface area contributed by atoms with Crippen molar-refractivity contribution in [2.75, 3.05) is 0 Å². The summed E-state index contributed by atoms with van der Waals surface area (Å²) in [6.07, 6.45) is 0.409. The first kappa shape index (κ1) is 33.6. The van der Waals surface area contributed by atoms with Crippen molar-refractivity contribution in [3.05, 3.63) is 111 Å². The maximum atomic E-state index is 13.4. The van der Waals surface area contributed by atoms with Crippen LogP contribution in [-0.2, 0) is 27.3 Å². The Labute approximate surface area is 250 Å². The maximum Gasteiger partial charge on any atom is 0.414 e. The first-order chi connectivity index (χ1) is 19.5. The molecule has 42 heavy (non-hydrogen) atoms. The van der Waals surface area contributed by atoms with Gasteiger partial charge in [0.15, 0.2) is 11.6 Å². The number of aryl methyl sites for hydroxylation is 1. The lowest BCUT2D eigenvalue weighted by atomic mass is 10.0. The largest absolute Gasteiger partial charge is 0.473 e. The zero-order chi connectivity index (χ0) is 30.1. The molecule has 0 spiro atoms. The SMILES string of the molecule is Cc1nnc(CNC(=O)[C@@H](N)Cc2ccccc2)n1-c1ccc(Cl)cc1C(=O)c1ccccc1Cl.O.O=C(O)C(=O)O. The quantitative estimate of drug-likeness (QED) is 0.169. The van der Waals surface area contributed by atoms with Gasteiger partial charge in [-0.1, -0.05) is 65.7 Å². The normalized spacial score (nSPS) is 10.9. The number of benzene rings is 3. The lowest BCUT2D eigenvalue weighted by molar-refractivity contribution is -0.159. The summed E-state index contributed by atoms with van der Waals surface area (Å²) in [5, 5.41) is 26.7. The fourth-order valence-electron chi connectivity index (χ4n) is 3.77. The molecule has 0 fully saturated rings. The monoisotopic (exact) mass is 615 g/mol. The number of ketones is 1. The van der Waals surface area contributed by atoms with Crippen molar-refractivity contribution in [1.82, 2.24) is 20.1 Å². The number of rotatable bonds is 8. The molecule has 0 saturated heterocycles. The topological polar surface area (TPSA) is 209 Å². The Morgan fingerprint density at radius 1 is 0.905 bits per heavy atom. The zero-order valence-corrected chi connectivity index (χ0v) is 23.6. The minimum absolute atomic E-state index is 0. The van der Waals surface area contributed by atoms with Crippen LogP contribution in [0.5, 0.6) is 0 Å². The molecular weight excluding hydrogens is 589 g/mol. The molecule has 1 amide bonds. The van der Waals surface area contributed by atoms with Gasteiger partial charge in [-0.3, -0.25) is 14.2 Å². The van der Waals surface area contributed by atoms with E-state index in [0.29, 0.717) is 44.9 Å². The van der Waals surface area contributed by atoms with E-state index in [4.69, 9.17) is 48.7 Å². The molecule has 0 unspecified atom stereocenters. The third-order valence-electron chi connectivity index (χ3n) is 5.69. The number of hydrogen-bond donors (Lipinski definition) is 4. The number of nitrogens with two attached hydrogens (primary N) is 1. The molecule has 0 aliphatic heterocycles. The molecule has 4 aromatic rings. The van der Waals surface area contributed by atoms with E-state index < -0.39 is 18.0 Å². The number of carboxylic acid groups (broad SMARTS) is 2. The van der Waals surface area contributed by atoms with E-state index >= 15 is 0 Å². The summed E-state index contributed by atoms with van der Waals surface area (Å²) in [4.78, 5) is 44.2. The van der Waals surface area contributed by atoms with Crippen LogP contribution in [0.2, 0.25) is 10.0 Å². The molecule has 1 atom stereocenters. The molecule has 4 rings (SSSR count). The standard InChI is InChI=1S/C26H23Cl2N5O2.C2H2O4.H2O/c1-16-31-32-24(15-30-26(35)22(29)13-17-7-3-2-4-8-17)33(16)23-12-11-18(27)14-20(23)25(34)19-9-5-6-10-21(19)28;3-1(4)2(5)6;/h2-12,14,22H,13,15,29H2,1H3,(H,30,35);(H,3,4)(H,5,6);1H2/t22-;;/m0../s1. The maximum absolute atomic E-state index is 13.4. The third kappa shape index (κ3) is 8.69. The summed E-state index contributed by atoms with van der Waals surface area (Å²) in [6, 6.07) is 20.6. The van der Waals surface area contributed by atoms with Gasteiger partial charge in [0, 0.05) is 16.1 Å². The van der Waals surface area contributed by atoms with Crippen molar-refractivity contribution >= 4 is 46.8 Å². The number of nitrogens with zero attached hydrogens (tertiary/aromatic N) is 3. The Bertz CT molecular complexity index is 1570. The van der Waals surface area contributed by atoms with Crippen molar-refractivity contribution in [3.8, 4) is 5.69 Å². The number of amides is 1. The van der Waals surface area contributed by atoms with Crippen LogP contribution in [0.4, 0.5) is 0 Å². The van der Waals surface area contributed by atoms with Gasteiger partial charge in [-0.25, -0.2) is 9.59 Å². The van der Waals surface area contributed by atoms with Gasteiger partial charge in [0.2, 0.25) is 5.91 Å². The second kappa shape index (κ2) is 15.4. The summed E-state index contributed by atoms with van der Waals surface area (Å²) < 4.78 is 1.71. The first-order valence-electron chi connectivity index (χ1n) is 12.0. The molecule has 0 radical (unpaired) electrons. The van der Waals surface area contributed by atoms with Crippen molar-refractivity contribution in [2.24, 2.45) is 5.73 Å². The van der Waals surface area contributed by atoms with E-state index in [1.54, 1.807) is 54.0 Å². The van der Waals surface area contributed by atoms with Crippen molar-refractivity contribution in [2.45, 2.75) is 25.9 Å². The van der Waals surface area contributed by atoms with Gasteiger partial charge in [-0.05, 0) is 49.2 Å². The number of hydrogen-bond acceptors (Lipinski definition) is 7. The van der Waals surface area contributed by atoms with Gasteiger partial charge in [0.05, 0.1) is 23.3 Å². The van der Waals surface area contributed by atoms with Crippen LogP contribution in [0.25, 0.3) is 5.69 Å². The van der Waals surface area contributed by atoms with Crippen LogP contribution in [0.15, 0.2) is 72.8 Å². The van der Waals surface area contributed by atoms with E-state index in [0.717, 1.165) is 5.56 Å². The molecule has 7 N–H and O–H groups in total. The van der Waals surface area contributed by atoms with E-state index in [-0.39, 0.29) is 23.7 Å². The van der Waals surface area contributed by atoms with Crippen LogP contribution in [0.1, 0.15) is 33.1 Å². The highest BCUT2D eigenvalue weighted by atomic mass is 35.5. The molecule has 220 valence electrons. The van der Waals surface area contributed by atoms with E-state index in [9.17, 15) is 9.59 Å². The molecule has 0 bridgehead atoms. The number of carbonyl (C=O) groups is 4. The molecule has 14 heteroatoms. The highest BCUT2D eigenvalue weighted by Crippen LogP contribution is 2.27. The lowest BCUT2D eigenvalue weighted by Crippen LogP contribution is -2.42. The van der Waals surface area contributed by atoms with Gasteiger partial charge in [0.1, 0.15) is 5.82 Å². The molecule has 12 nitrogen and oxygen atoms in total. The number of halogens is 2. The molecule has 3 aromatic carbocycles. The summed E-state index contributed by atoms with van der Waals surface area (Å²) in [5.74, 6) is -3.27. The molecular formula is C28H27Cl2N5O7. The van der Waals surface area contributed by atoms with Crippen molar-refractivity contribution < 1.29 is 34.9 Å². The number of carboxylic acids is 2. The fourth-order valence-corrected chi connectivity index (χ4v) is 4.16. The number of nitrogens with one attached hydrogen (secondary N) is 1. The Balaban J connectivity index is 0.000000798. The second-order valence-electron chi connectivity index (χ2n) is 8.59. The smallest absolute Gasteiger partial charge is 0.414 e. The summed E-state index contributed by atoms with van der Waals surface area (Å²) in [6.45, 7) is 1.84. The Kier molecular flexibility index (Phi) is 12.3. The molecule has 1 heterocycles. The van der Waals surface area contributed by atoms with Gasteiger partial charge in [-0.15, -0.1) is 10.2 Å². The van der Waals surface area contributed by atoms with E-state index in [1.807, 2.05) is 30.3 Å². The van der Waals surface area contributed by atoms with Gasteiger partial charge < -0.3 is 26.7 Å².